The second-order valence-electron chi connectivity index (χ2n) is 7.36. The number of non-ortho nitro benzene ring substituents is 1. The van der Waals surface area contributed by atoms with Crippen molar-refractivity contribution in [3.05, 3.63) is 100 Å². The van der Waals surface area contributed by atoms with Crippen molar-refractivity contribution >= 4 is 11.4 Å². The lowest BCUT2D eigenvalue weighted by atomic mass is 10.1. The molecule has 3 aromatic carbocycles. The molecule has 4 aromatic rings. The highest BCUT2D eigenvalue weighted by molar-refractivity contribution is 5.70. The number of benzene rings is 3. The summed E-state index contributed by atoms with van der Waals surface area (Å²) in [5.41, 5.74) is 1.65. The van der Waals surface area contributed by atoms with E-state index in [2.05, 4.69) is 10.3 Å². The number of nitrogens with one attached hydrogen (secondary N) is 1. The van der Waals surface area contributed by atoms with Gasteiger partial charge in [0.1, 0.15) is 12.4 Å². The molecule has 0 aliphatic carbocycles. The molecule has 0 saturated heterocycles. The molecule has 34 heavy (non-hydrogen) atoms. The van der Waals surface area contributed by atoms with Gasteiger partial charge in [-0.3, -0.25) is 10.1 Å². The van der Waals surface area contributed by atoms with Crippen LogP contribution in [0.25, 0.3) is 16.9 Å². The van der Waals surface area contributed by atoms with Gasteiger partial charge in [-0.25, -0.2) is 4.98 Å². The van der Waals surface area contributed by atoms with Crippen molar-refractivity contribution in [1.82, 2.24) is 9.55 Å². The van der Waals surface area contributed by atoms with Gasteiger partial charge in [-0.1, -0.05) is 30.3 Å². The number of nitrogens with zero attached hydrogens (tertiary/aromatic N) is 3. The Hall–Kier alpha value is -4.34. The third-order valence-corrected chi connectivity index (χ3v) is 5.14. The fourth-order valence-electron chi connectivity index (χ4n) is 3.42. The van der Waals surface area contributed by atoms with Crippen LogP contribution >= 0.6 is 0 Å². The van der Waals surface area contributed by atoms with E-state index >= 15 is 0 Å². The van der Waals surface area contributed by atoms with Gasteiger partial charge in [-0.2, -0.15) is 13.2 Å². The van der Waals surface area contributed by atoms with E-state index in [4.69, 9.17) is 4.74 Å². The minimum absolute atomic E-state index is 0.0248. The molecule has 0 saturated carbocycles. The minimum Gasteiger partial charge on any atom is -0.488 e. The zero-order valence-electron chi connectivity index (χ0n) is 17.9. The molecule has 0 aliphatic heterocycles. The second-order valence-corrected chi connectivity index (χ2v) is 7.36. The lowest BCUT2D eigenvalue weighted by Crippen LogP contribution is -2.06. The number of hydrogen-bond donors (Lipinski definition) is 1. The molecule has 4 rings (SSSR count). The number of nitro groups is 1. The van der Waals surface area contributed by atoms with Crippen molar-refractivity contribution in [3.8, 4) is 22.7 Å². The highest BCUT2D eigenvalue weighted by Crippen LogP contribution is 2.37. The number of alkyl halides is 3. The normalized spacial score (nSPS) is 11.3. The SMILES string of the molecule is CNc1ccc([N+](=O)[O-])cc1-n1cnc(-c2ccc(C(F)(F)F)cc2OCc2ccccc2)c1. The molecule has 7 nitrogen and oxygen atoms in total. The fourth-order valence-corrected chi connectivity index (χ4v) is 3.42. The number of rotatable bonds is 7. The maximum atomic E-state index is 13.3. The van der Waals surface area contributed by atoms with Gasteiger partial charge >= 0.3 is 6.18 Å². The Labute approximate surface area is 192 Å². The van der Waals surface area contributed by atoms with Crippen LogP contribution in [-0.2, 0) is 12.8 Å². The number of aromatic nitrogens is 2. The third kappa shape index (κ3) is 4.85. The van der Waals surface area contributed by atoms with Crippen molar-refractivity contribution in [1.29, 1.82) is 0 Å². The van der Waals surface area contributed by atoms with Gasteiger partial charge in [0, 0.05) is 30.9 Å². The Kier molecular flexibility index (Phi) is 6.22. The van der Waals surface area contributed by atoms with E-state index in [1.165, 1.54) is 24.5 Å². The minimum atomic E-state index is -4.53. The average Bonchev–Trinajstić information content (AvgIpc) is 3.32. The van der Waals surface area contributed by atoms with Gasteiger partial charge in [0.05, 0.1) is 33.9 Å². The molecule has 0 fully saturated rings. The molecule has 0 atom stereocenters. The average molecular weight is 468 g/mol. The second kappa shape index (κ2) is 9.26. The van der Waals surface area contributed by atoms with E-state index in [0.29, 0.717) is 22.6 Å². The molecule has 0 unspecified atom stereocenters. The van der Waals surface area contributed by atoms with Gasteiger partial charge in [0.25, 0.3) is 5.69 Å². The Morgan fingerprint density at radius 1 is 1.09 bits per heavy atom. The van der Waals surface area contributed by atoms with E-state index in [9.17, 15) is 23.3 Å². The Morgan fingerprint density at radius 3 is 2.53 bits per heavy atom. The van der Waals surface area contributed by atoms with E-state index in [-0.39, 0.29) is 18.0 Å². The smallest absolute Gasteiger partial charge is 0.416 e. The maximum absolute atomic E-state index is 13.3. The van der Waals surface area contributed by atoms with Crippen LogP contribution in [0.4, 0.5) is 24.5 Å². The van der Waals surface area contributed by atoms with Crippen LogP contribution in [0.15, 0.2) is 79.3 Å². The highest BCUT2D eigenvalue weighted by Gasteiger charge is 2.31. The molecule has 10 heteroatoms. The molecule has 0 radical (unpaired) electrons. The highest BCUT2D eigenvalue weighted by atomic mass is 19.4. The Balaban J connectivity index is 1.74. The van der Waals surface area contributed by atoms with Gasteiger partial charge in [0.2, 0.25) is 0 Å². The van der Waals surface area contributed by atoms with Crippen molar-refractivity contribution < 1.29 is 22.8 Å². The summed E-state index contributed by atoms with van der Waals surface area (Å²) in [6.07, 6.45) is -1.51. The Bertz CT molecular complexity index is 1320. The zero-order chi connectivity index (χ0) is 24.3. The first-order valence-corrected chi connectivity index (χ1v) is 10.1. The maximum Gasteiger partial charge on any atom is 0.416 e. The number of imidazole rings is 1. The van der Waals surface area contributed by atoms with Gasteiger partial charge in [-0.15, -0.1) is 0 Å². The third-order valence-electron chi connectivity index (χ3n) is 5.14. The molecule has 0 aliphatic rings. The van der Waals surface area contributed by atoms with Crippen LogP contribution in [0.3, 0.4) is 0 Å². The van der Waals surface area contributed by atoms with E-state index in [1.807, 2.05) is 30.3 Å². The first-order chi connectivity index (χ1) is 16.3. The van der Waals surface area contributed by atoms with Crippen molar-refractivity contribution in [3.63, 3.8) is 0 Å². The summed E-state index contributed by atoms with van der Waals surface area (Å²) in [5, 5.41) is 14.2. The molecule has 1 heterocycles. The lowest BCUT2D eigenvalue weighted by Gasteiger charge is -2.14. The quantitative estimate of drug-likeness (QED) is 0.262. The van der Waals surface area contributed by atoms with E-state index < -0.39 is 16.7 Å². The summed E-state index contributed by atoms with van der Waals surface area (Å²) in [4.78, 5) is 15.0. The predicted octanol–water partition coefficient (Wildman–Crippen LogP) is 6.09. The van der Waals surface area contributed by atoms with Crippen LogP contribution in [-0.4, -0.2) is 21.5 Å². The Morgan fingerprint density at radius 2 is 1.85 bits per heavy atom. The molecule has 1 N–H and O–H groups in total. The fraction of sp³-hybridized carbons (Fsp3) is 0.125. The van der Waals surface area contributed by atoms with Crippen LogP contribution in [0.5, 0.6) is 5.75 Å². The van der Waals surface area contributed by atoms with E-state index in [1.54, 1.807) is 23.9 Å². The summed E-state index contributed by atoms with van der Waals surface area (Å²) >= 11 is 0. The molecule has 174 valence electrons. The summed E-state index contributed by atoms with van der Waals surface area (Å²) in [7, 11) is 1.67. The molecule has 0 amide bonds. The molecule has 0 spiro atoms. The largest absolute Gasteiger partial charge is 0.488 e. The van der Waals surface area contributed by atoms with Crippen molar-refractivity contribution in [2.45, 2.75) is 12.8 Å². The first-order valence-electron chi connectivity index (χ1n) is 10.1. The summed E-state index contributed by atoms with van der Waals surface area (Å²) in [5.74, 6) is 0.0248. The summed E-state index contributed by atoms with van der Waals surface area (Å²) in [6.45, 7) is 0.0740. The number of hydrogen-bond acceptors (Lipinski definition) is 5. The van der Waals surface area contributed by atoms with Crippen LogP contribution < -0.4 is 10.1 Å². The van der Waals surface area contributed by atoms with Crippen molar-refractivity contribution in [2.75, 3.05) is 12.4 Å². The van der Waals surface area contributed by atoms with Gasteiger partial charge < -0.3 is 14.6 Å². The molecular weight excluding hydrogens is 449 g/mol. The summed E-state index contributed by atoms with van der Waals surface area (Å²) < 4.78 is 47.4. The van der Waals surface area contributed by atoms with E-state index in [0.717, 1.165) is 17.7 Å². The number of nitro benzene ring substituents is 1. The van der Waals surface area contributed by atoms with Crippen LogP contribution in [0.1, 0.15) is 11.1 Å². The molecule has 1 aromatic heterocycles. The zero-order valence-corrected chi connectivity index (χ0v) is 17.9. The predicted molar refractivity (Wildman–Crippen MR) is 121 cm³/mol. The van der Waals surface area contributed by atoms with Crippen LogP contribution in [0.2, 0.25) is 0 Å². The lowest BCUT2D eigenvalue weighted by molar-refractivity contribution is -0.384. The summed E-state index contributed by atoms with van der Waals surface area (Å²) in [6, 6.07) is 16.6. The first kappa shape index (κ1) is 22.8. The van der Waals surface area contributed by atoms with Crippen LogP contribution in [0, 0.1) is 10.1 Å². The number of halogens is 3. The topological polar surface area (TPSA) is 82.2 Å². The van der Waals surface area contributed by atoms with Gasteiger partial charge in [0.15, 0.2) is 0 Å². The molecule has 0 bridgehead atoms. The monoisotopic (exact) mass is 468 g/mol. The number of anilines is 1. The molecular formula is C24H19F3N4O3. The van der Waals surface area contributed by atoms with Gasteiger partial charge in [-0.05, 0) is 29.8 Å². The van der Waals surface area contributed by atoms with Crippen molar-refractivity contribution in [2.24, 2.45) is 0 Å². The standard InChI is InChI=1S/C24H19F3N4O3/c1-28-20-10-8-18(31(32)33)12-22(20)30-13-21(29-15-30)19-9-7-17(24(25,26)27)11-23(19)34-14-16-5-3-2-4-6-16/h2-13,15,28H,14H2,1H3. The number of ether oxygens (including phenoxy) is 1.